The van der Waals surface area contributed by atoms with Gasteiger partial charge in [0.1, 0.15) is 0 Å². The quantitative estimate of drug-likeness (QED) is 0.505. The van der Waals surface area contributed by atoms with Gasteiger partial charge in [-0.1, -0.05) is 51.8 Å². The van der Waals surface area contributed by atoms with Crippen molar-refractivity contribution < 1.29 is 9.90 Å². The smallest absolute Gasteiger partial charge is 0.243 e. The fourth-order valence-electron chi connectivity index (χ4n) is 1.21. The van der Waals surface area contributed by atoms with Gasteiger partial charge in [0, 0.05) is 12.6 Å². The van der Waals surface area contributed by atoms with E-state index in [1.165, 1.54) is 6.08 Å². The van der Waals surface area contributed by atoms with Crippen molar-refractivity contribution in [1.29, 1.82) is 0 Å². The van der Waals surface area contributed by atoms with Crippen LogP contribution in [-0.4, -0.2) is 23.7 Å². The lowest BCUT2D eigenvalue weighted by Gasteiger charge is -2.04. The molecule has 0 aliphatic heterocycles. The van der Waals surface area contributed by atoms with E-state index < -0.39 is 6.10 Å². The Morgan fingerprint density at radius 2 is 2.06 bits per heavy atom. The number of aliphatic hydroxyl groups excluding tert-OH is 1. The zero-order valence-corrected chi connectivity index (χ0v) is 11.1. The third-order valence-electron chi connectivity index (χ3n) is 2.23. The molecule has 0 spiro atoms. The zero-order chi connectivity index (χ0) is 13.1. The van der Waals surface area contributed by atoms with Crippen LogP contribution >= 0.6 is 0 Å². The molecule has 0 saturated carbocycles. The van der Waals surface area contributed by atoms with Crippen LogP contribution in [0.5, 0.6) is 0 Å². The molecule has 0 heterocycles. The molecule has 3 heteroatoms. The van der Waals surface area contributed by atoms with Crippen LogP contribution in [0.1, 0.15) is 40.0 Å². The van der Waals surface area contributed by atoms with Gasteiger partial charge in [-0.3, -0.25) is 4.79 Å². The number of hydrogen-bond acceptors (Lipinski definition) is 2. The van der Waals surface area contributed by atoms with Gasteiger partial charge in [-0.2, -0.15) is 0 Å². The molecule has 17 heavy (non-hydrogen) atoms. The third kappa shape index (κ3) is 11.2. The number of unbranched alkanes of at least 4 members (excludes halogenated alkanes) is 1. The average molecular weight is 239 g/mol. The molecule has 3 nitrogen and oxygen atoms in total. The minimum absolute atomic E-state index is 0.0913. The lowest BCUT2D eigenvalue weighted by atomic mass is 10.1. The maximum absolute atomic E-state index is 11.3. The van der Waals surface area contributed by atoms with Crippen LogP contribution in [0, 0.1) is 5.92 Å². The third-order valence-corrected chi connectivity index (χ3v) is 2.23. The van der Waals surface area contributed by atoms with E-state index in [4.69, 9.17) is 0 Å². The van der Waals surface area contributed by atoms with Crippen molar-refractivity contribution in [3.8, 4) is 0 Å². The maximum atomic E-state index is 11.3. The van der Waals surface area contributed by atoms with Gasteiger partial charge in [-0.25, -0.2) is 0 Å². The van der Waals surface area contributed by atoms with Gasteiger partial charge in [-0.05, 0) is 12.3 Å². The Labute approximate surface area is 105 Å². The lowest BCUT2D eigenvalue weighted by molar-refractivity contribution is -0.116. The number of nitrogens with one attached hydrogen (secondary N) is 1. The Bertz CT molecular complexity index is 257. The van der Waals surface area contributed by atoms with Crippen LogP contribution in [0.25, 0.3) is 0 Å². The molecule has 0 aromatic carbocycles. The molecule has 1 amide bonds. The van der Waals surface area contributed by atoms with Crippen molar-refractivity contribution in [2.75, 3.05) is 6.54 Å². The molecular weight excluding hydrogens is 214 g/mol. The molecule has 0 aromatic heterocycles. The predicted molar refractivity (Wildman–Crippen MR) is 71.7 cm³/mol. The molecule has 98 valence electrons. The van der Waals surface area contributed by atoms with Crippen molar-refractivity contribution in [3.63, 3.8) is 0 Å². The molecule has 2 N–H and O–H groups in total. The van der Waals surface area contributed by atoms with E-state index >= 15 is 0 Å². The summed E-state index contributed by atoms with van der Waals surface area (Å²) in [6, 6.07) is 0. The SMILES string of the molecule is CCCC[C@@H](O)/C=C/C=C/C(=O)NCC(C)C. The number of rotatable bonds is 8. The van der Waals surface area contributed by atoms with Crippen LogP contribution in [0.2, 0.25) is 0 Å². The summed E-state index contributed by atoms with van der Waals surface area (Å²) in [7, 11) is 0. The number of hydrogen-bond donors (Lipinski definition) is 2. The first-order valence-corrected chi connectivity index (χ1v) is 6.37. The number of aliphatic hydroxyl groups is 1. The molecule has 0 aromatic rings. The van der Waals surface area contributed by atoms with Gasteiger partial charge in [0.25, 0.3) is 0 Å². The number of carbonyl (C=O) groups is 1. The largest absolute Gasteiger partial charge is 0.389 e. The molecule has 0 unspecified atom stereocenters. The highest BCUT2D eigenvalue weighted by molar-refractivity contribution is 5.87. The Morgan fingerprint density at radius 3 is 2.65 bits per heavy atom. The monoisotopic (exact) mass is 239 g/mol. The molecule has 0 saturated heterocycles. The van der Waals surface area contributed by atoms with Crippen molar-refractivity contribution in [3.05, 3.63) is 24.3 Å². The second kappa shape index (κ2) is 10.1. The lowest BCUT2D eigenvalue weighted by Crippen LogP contribution is -2.25. The zero-order valence-electron chi connectivity index (χ0n) is 11.1. The maximum Gasteiger partial charge on any atom is 0.243 e. The molecule has 0 bridgehead atoms. The standard InChI is InChI=1S/C14H25NO2/c1-4-5-8-13(16)9-6-7-10-14(17)15-11-12(2)3/h6-7,9-10,12-13,16H,4-5,8,11H2,1-3H3,(H,15,17)/b9-6+,10-7+/t13-/m1/s1. The van der Waals surface area contributed by atoms with Gasteiger partial charge in [0.05, 0.1) is 6.10 Å². The first-order valence-electron chi connectivity index (χ1n) is 6.37. The molecular formula is C14H25NO2. The molecule has 1 atom stereocenters. The highest BCUT2D eigenvalue weighted by atomic mass is 16.3. The van der Waals surface area contributed by atoms with E-state index in [0.29, 0.717) is 12.5 Å². The minimum Gasteiger partial charge on any atom is -0.389 e. The van der Waals surface area contributed by atoms with Crippen molar-refractivity contribution in [2.45, 2.75) is 46.1 Å². The van der Waals surface area contributed by atoms with Gasteiger partial charge in [0.15, 0.2) is 0 Å². The summed E-state index contributed by atoms with van der Waals surface area (Å²) in [6.07, 6.45) is 9.04. The topological polar surface area (TPSA) is 49.3 Å². The van der Waals surface area contributed by atoms with Gasteiger partial charge < -0.3 is 10.4 Å². The summed E-state index contributed by atoms with van der Waals surface area (Å²) in [6.45, 7) is 6.88. The molecule has 0 radical (unpaired) electrons. The van der Waals surface area contributed by atoms with Crippen LogP contribution in [-0.2, 0) is 4.79 Å². The predicted octanol–water partition coefficient (Wildman–Crippen LogP) is 2.42. The van der Waals surface area contributed by atoms with Crippen molar-refractivity contribution >= 4 is 5.91 Å². The van der Waals surface area contributed by atoms with Gasteiger partial charge >= 0.3 is 0 Å². The molecule has 0 rings (SSSR count). The number of carbonyl (C=O) groups excluding carboxylic acids is 1. The highest BCUT2D eigenvalue weighted by Crippen LogP contribution is 2.01. The number of allylic oxidation sites excluding steroid dienone is 2. The summed E-state index contributed by atoms with van der Waals surface area (Å²) >= 11 is 0. The molecule has 0 aliphatic carbocycles. The first-order chi connectivity index (χ1) is 8.06. The van der Waals surface area contributed by atoms with Gasteiger partial charge in [-0.15, -0.1) is 0 Å². The van der Waals surface area contributed by atoms with E-state index in [1.54, 1.807) is 18.2 Å². The Kier molecular flexibility index (Phi) is 9.44. The van der Waals surface area contributed by atoms with Crippen LogP contribution in [0.3, 0.4) is 0 Å². The number of amides is 1. The molecule has 0 aliphatic rings. The minimum atomic E-state index is -0.404. The van der Waals surface area contributed by atoms with Crippen LogP contribution < -0.4 is 5.32 Å². The first kappa shape index (κ1) is 15.9. The van der Waals surface area contributed by atoms with Crippen LogP contribution in [0.15, 0.2) is 24.3 Å². The Balaban J connectivity index is 3.77. The fraction of sp³-hybridized carbons (Fsp3) is 0.643. The summed E-state index contributed by atoms with van der Waals surface area (Å²) in [5.41, 5.74) is 0. The second-order valence-electron chi connectivity index (χ2n) is 4.59. The normalized spacial score (nSPS) is 13.7. The summed E-state index contributed by atoms with van der Waals surface area (Å²) in [5.74, 6) is 0.366. The molecule has 0 fully saturated rings. The summed E-state index contributed by atoms with van der Waals surface area (Å²) in [5, 5.41) is 12.3. The fourth-order valence-corrected chi connectivity index (χ4v) is 1.21. The van der Waals surface area contributed by atoms with E-state index in [9.17, 15) is 9.90 Å². The van der Waals surface area contributed by atoms with E-state index in [0.717, 1.165) is 19.3 Å². The Hall–Kier alpha value is -1.09. The highest BCUT2D eigenvalue weighted by Gasteiger charge is 1.97. The van der Waals surface area contributed by atoms with E-state index in [-0.39, 0.29) is 5.91 Å². The van der Waals surface area contributed by atoms with Crippen molar-refractivity contribution in [2.24, 2.45) is 5.92 Å². The average Bonchev–Trinajstić information content (AvgIpc) is 2.29. The van der Waals surface area contributed by atoms with Gasteiger partial charge in [0.2, 0.25) is 5.91 Å². The van der Waals surface area contributed by atoms with Crippen molar-refractivity contribution in [1.82, 2.24) is 5.32 Å². The Morgan fingerprint density at radius 1 is 1.35 bits per heavy atom. The summed E-state index contributed by atoms with van der Waals surface area (Å²) < 4.78 is 0. The van der Waals surface area contributed by atoms with E-state index in [1.807, 2.05) is 13.8 Å². The summed E-state index contributed by atoms with van der Waals surface area (Å²) in [4.78, 5) is 11.3. The second-order valence-corrected chi connectivity index (χ2v) is 4.59. The van der Waals surface area contributed by atoms with E-state index in [2.05, 4.69) is 12.2 Å². The van der Waals surface area contributed by atoms with Crippen LogP contribution in [0.4, 0.5) is 0 Å².